The van der Waals surface area contributed by atoms with Gasteiger partial charge in [0.25, 0.3) is 0 Å². The summed E-state index contributed by atoms with van der Waals surface area (Å²) in [7, 11) is 1.37. The van der Waals surface area contributed by atoms with E-state index in [0.717, 1.165) is 30.9 Å². The van der Waals surface area contributed by atoms with Gasteiger partial charge in [0, 0.05) is 19.0 Å². The molecule has 0 aromatic carbocycles. The van der Waals surface area contributed by atoms with Crippen molar-refractivity contribution >= 4 is 23.2 Å². The maximum absolute atomic E-state index is 12.1. The molecular weight excluding hydrogens is 292 g/mol. The van der Waals surface area contributed by atoms with Crippen molar-refractivity contribution in [3.63, 3.8) is 0 Å². The zero-order valence-corrected chi connectivity index (χ0v) is 12.7. The molecule has 1 aromatic rings. The van der Waals surface area contributed by atoms with E-state index in [9.17, 15) is 9.59 Å². The molecule has 0 spiro atoms. The Morgan fingerprint density at radius 3 is 2.67 bits per heavy atom. The minimum atomic E-state index is -0.337. The summed E-state index contributed by atoms with van der Waals surface area (Å²) in [6.07, 6.45) is 3.37. The largest absolute Gasteiger partial charge is 0.465 e. The highest BCUT2D eigenvalue weighted by atomic mass is 32.1. The number of hydrogen-bond acceptors (Lipinski definition) is 6. The van der Waals surface area contributed by atoms with Crippen LogP contribution in [0.2, 0.25) is 0 Å². The molecule has 1 amide bonds. The van der Waals surface area contributed by atoms with Gasteiger partial charge in [0.15, 0.2) is 0 Å². The zero-order valence-electron chi connectivity index (χ0n) is 11.9. The van der Waals surface area contributed by atoms with E-state index in [1.165, 1.54) is 18.4 Å². The van der Waals surface area contributed by atoms with Gasteiger partial charge in [-0.15, -0.1) is 11.3 Å². The first-order chi connectivity index (χ1) is 10.2. The third-order valence-corrected chi connectivity index (χ3v) is 5.19. The quantitative estimate of drug-likeness (QED) is 0.787. The van der Waals surface area contributed by atoms with Crippen molar-refractivity contribution in [1.82, 2.24) is 9.88 Å². The number of esters is 1. The average molecular weight is 310 g/mol. The number of carbonyl (C=O) groups excluding carboxylic acids is 2. The van der Waals surface area contributed by atoms with Crippen LogP contribution in [0.3, 0.4) is 0 Å². The number of methoxy groups -OCH3 is 1. The molecule has 2 saturated heterocycles. The first-order valence-corrected chi connectivity index (χ1v) is 7.91. The van der Waals surface area contributed by atoms with Gasteiger partial charge in [-0.1, -0.05) is 0 Å². The fraction of sp³-hybridized carbons (Fsp3) is 0.643. The van der Waals surface area contributed by atoms with Crippen LogP contribution in [0.25, 0.3) is 0 Å². The lowest BCUT2D eigenvalue weighted by Gasteiger charge is -2.36. The Kier molecular flexibility index (Phi) is 4.21. The zero-order chi connectivity index (χ0) is 14.8. The lowest BCUT2D eigenvalue weighted by Crippen LogP contribution is -2.47. The van der Waals surface area contributed by atoms with E-state index in [2.05, 4.69) is 4.98 Å². The number of rotatable bonds is 3. The molecule has 2 aliphatic rings. The molecule has 0 bridgehead atoms. The molecule has 0 N–H and O–H groups in total. The summed E-state index contributed by atoms with van der Waals surface area (Å²) in [6.45, 7) is 2.64. The maximum atomic E-state index is 12.1. The van der Waals surface area contributed by atoms with Crippen LogP contribution in [-0.4, -0.2) is 55.2 Å². The lowest BCUT2D eigenvalue weighted by molar-refractivity contribution is -0.150. The predicted octanol–water partition coefficient (Wildman–Crippen LogP) is 1.28. The van der Waals surface area contributed by atoms with Crippen LogP contribution in [-0.2, 0) is 14.3 Å². The third-order valence-electron chi connectivity index (χ3n) is 4.05. The SMILES string of the molecule is COC(=O)c1cnc(C2CCN(C(=O)C3COC3)CC2)s1. The van der Waals surface area contributed by atoms with Crippen LogP contribution in [0.4, 0.5) is 0 Å². The van der Waals surface area contributed by atoms with E-state index >= 15 is 0 Å². The highest BCUT2D eigenvalue weighted by molar-refractivity contribution is 7.13. The van der Waals surface area contributed by atoms with E-state index in [0.29, 0.717) is 24.0 Å². The normalized spacial score (nSPS) is 20.1. The molecule has 7 heteroatoms. The number of aromatic nitrogens is 1. The van der Waals surface area contributed by atoms with Crippen molar-refractivity contribution in [2.75, 3.05) is 33.4 Å². The number of ether oxygens (including phenoxy) is 2. The first-order valence-electron chi connectivity index (χ1n) is 7.09. The molecule has 0 unspecified atom stereocenters. The summed E-state index contributed by atoms with van der Waals surface area (Å²) in [5, 5.41) is 0.967. The van der Waals surface area contributed by atoms with Crippen LogP contribution < -0.4 is 0 Å². The van der Waals surface area contributed by atoms with Crippen LogP contribution >= 0.6 is 11.3 Å². The Bertz CT molecular complexity index is 533. The smallest absolute Gasteiger partial charge is 0.349 e. The highest BCUT2D eigenvalue weighted by Gasteiger charge is 2.33. The summed E-state index contributed by atoms with van der Waals surface area (Å²) in [6, 6.07) is 0. The molecule has 2 fully saturated rings. The Hall–Kier alpha value is -1.47. The van der Waals surface area contributed by atoms with Gasteiger partial charge in [0.1, 0.15) is 4.88 Å². The van der Waals surface area contributed by atoms with Crippen molar-refractivity contribution in [1.29, 1.82) is 0 Å². The van der Waals surface area contributed by atoms with E-state index in [-0.39, 0.29) is 17.8 Å². The van der Waals surface area contributed by atoms with Gasteiger partial charge in [-0.25, -0.2) is 9.78 Å². The van der Waals surface area contributed by atoms with Crippen LogP contribution in [0.5, 0.6) is 0 Å². The third kappa shape index (κ3) is 2.94. The number of piperidine rings is 1. The van der Waals surface area contributed by atoms with Crippen molar-refractivity contribution in [3.8, 4) is 0 Å². The second-order valence-corrected chi connectivity index (χ2v) is 6.45. The summed E-state index contributed by atoms with van der Waals surface area (Å²) >= 11 is 1.39. The average Bonchev–Trinajstić information content (AvgIpc) is 2.94. The molecule has 114 valence electrons. The molecule has 3 heterocycles. The number of thiazole rings is 1. The van der Waals surface area contributed by atoms with E-state index < -0.39 is 0 Å². The first kappa shape index (κ1) is 14.5. The molecule has 0 aliphatic carbocycles. The van der Waals surface area contributed by atoms with Gasteiger partial charge in [0.05, 0.1) is 37.4 Å². The van der Waals surface area contributed by atoms with Gasteiger partial charge in [0.2, 0.25) is 5.91 Å². The fourth-order valence-electron chi connectivity index (χ4n) is 2.65. The van der Waals surface area contributed by atoms with Gasteiger partial charge in [-0.05, 0) is 12.8 Å². The predicted molar refractivity (Wildman–Crippen MR) is 76.3 cm³/mol. The van der Waals surface area contributed by atoms with Crippen molar-refractivity contribution < 1.29 is 19.1 Å². The Labute approximate surface area is 127 Å². The molecule has 21 heavy (non-hydrogen) atoms. The molecule has 3 rings (SSSR count). The van der Waals surface area contributed by atoms with Crippen molar-refractivity contribution in [3.05, 3.63) is 16.1 Å². The minimum absolute atomic E-state index is 0.0624. The van der Waals surface area contributed by atoms with Gasteiger partial charge in [-0.2, -0.15) is 0 Å². The number of amides is 1. The molecule has 0 atom stereocenters. The molecule has 2 aliphatic heterocycles. The second-order valence-electron chi connectivity index (χ2n) is 5.39. The highest BCUT2D eigenvalue weighted by Crippen LogP contribution is 2.32. The minimum Gasteiger partial charge on any atom is -0.465 e. The molecule has 1 aromatic heterocycles. The number of hydrogen-bond donors (Lipinski definition) is 0. The van der Waals surface area contributed by atoms with Gasteiger partial charge < -0.3 is 14.4 Å². The lowest BCUT2D eigenvalue weighted by atomic mass is 9.96. The summed E-state index contributed by atoms with van der Waals surface area (Å²) in [4.78, 5) is 30.4. The summed E-state index contributed by atoms with van der Waals surface area (Å²) < 4.78 is 9.77. The number of nitrogens with zero attached hydrogens (tertiary/aromatic N) is 2. The maximum Gasteiger partial charge on any atom is 0.349 e. The Morgan fingerprint density at radius 2 is 2.10 bits per heavy atom. The van der Waals surface area contributed by atoms with Crippen LogP contribution in [0.15, 0.2) is 6.20 Å². The fourth-order valence-corrected chi connectivity index (χ4v) is 3.66. The van der Waals surface area contributed by atoms with Crippen LogP contribution in [0, 0.1) is 5.92 Å². The van der Waals surface area contributed by atoms with E-state index in [1.807, 2.05) is 4.90 Å². The van der Waals surface area contributed by atoms with Crippen molar-refractivity contribution in [2.45, 2.75) is 18.8 Å². The van der Waals surface area contributed by atoms with Crippen LogP contribution in [0.1, 0.15) is 33.4 Å². The van der Waals surface area contributed by atoms with E-state index in [1.54, 1.807) is 6.20 Å². The second kappa shape index (κ2) is 6.11. The Morgan fingerprint density at radius 1 is 1.38 bits per heavy atom. The molecule has 6 nitrogen and oxygen atoms in total. The number of likely N-dealkylation sites (tertiary alicyclic amines) is 1. The van der Waals surface area contributed by atoms with Crippen molar-refractivity contribution in [2.24, 2.45) is 5.92 Å². The summed E-state index contributed by atoms with van der Waals surface area (Å²) in [5.74, 6) is 0.271. The van der Waals surface area contributed by atoms with E-state index in [4.69, 9.17) is 9.47 Å². The monoisotopic (exact) mass is 310 g/mol. The van der Waals surface area contributed by atoms with Gasteiger partial charge >= 0.3 is 5.97 Å². The standard InChI is InChI=1S/C14H18N2O4S/c1-19-14(18)11-6-15-12(21-11)9-2-4-16(5-3-9)13(17)10-7-20-8-10/h6,9-10H,2-5,7-8H2,1H3. The van der Waals surface area contributed by atoms with Gasteiger partial charge in [-0.3, -0.25) is 4.79 Å². The molecule has 0 radical (unpaired) electrons. The molecular formula is C14H18N2O4S. The molecule has 0 saturated carbocycles. The summed E-state index contributed by atoms with van der Waals surface area (Å²) in [5.41, 5.74) is 0. The Balaban J connectivity index is 1.56. The number of carbonyl (C=O) groups is 2. The topological polar surface area (TPSA) is 68.7 Å².